The summed E-state index contributed by atoms with van der Waals surface area (Å²) < 4.78 is 10.5. The minimum atomic E-state index is -1.17. The third-order valence-corrected chi connectivity index (χ3v) is 5.86. The zero-order valence-electron chi connectivity index (χ0n) is 19.6. The number of aromatic nitrogens is 2. The van der Waals surface area contributed by atoms with E-state index in [-0.39, 0.29) is 6.61 Å². The maximum absolute atomic E-state index is 12.9. The predicted octanol–water partition coefficient (Wildman–Crippen LogP) is 3.14. The molecule has 1 saturated heterocycles. The molecule has 0 amide bonds. The minimum Gasteiger partial charge on any atom is -0.459 e. The molecule has 2 aromatic carbocycles. The van der Waals surface area contributed by atoms with Gasteiger partial charge in [-0.1, -0.05) is 42.5 Å². The van der Waals surface area contributed by atoms with Crippen molar-refractivity contribution in [3.63, 3.8) is 0 Å². The molecule has 1 fully saturated rings. The number of hydrogen-bond donors (Lipinski definition) is 0. The highest BCUT2D eigenvalue weighted by atomic mass is 16.6. The molecule has 0 N–H and O–H groups in total. The number of anilines is 1. The van der Waals surface area contributed by atoms with Gasteiger partial charge in [-0.2, -0.15) is 5.26 Å². The first kappa shape index (κ1) is 23.6. The van der Waals surface area contributed by atoms with Crippen LogP contribution < -0.4 is 4.90 Å². The maximum Gasteiger partial charge on any atom is 0.330 e. The van der Waals surface area contributed by atoms with E-state index in [2.05, 4.69) is 40.1 Å². The molecule has 0 unspecified atom stereocenters. The van der Waals surface area contributed by atoms with Gasteiger partial charge in [0.05, 0.1) is 23.7 Å². The van der Waals surface area contributed by atoms with Gasteiger partial charge in [0.15, 0.2) is 11.7 Å². The number of fused-ring (bicyclic) bond motifs is 1. The van der Waals surface area contributed by atoms with Crippen LogP contribution in [-0.4, -0.2) is 66.8 Å². The Morgan fingerprint density at radius 2 is 1.68 bits per heavy atom. The van der Waals surface area contributed by atoms with Crippen molar-refractivity contribution in [3.8, 4) is 6.07 Å². The summed E-state index contributed by atoms with van der Waals surface area (Å²) in [6, 6.07) is 20.0. The van der Waals surface area contributed by atoms with Gasteiger partial charge in [0, 0.05) is 39.8 Å². The number of ether oxygens (including phenoxy) is 2. The van der Waals surface area contributed by atoms with Gasteiger partial charge in [-0.05, 0) is 24.6 Å². The van der Waals surface area contributed by atoms with Gasteiger partial charge in [0.25, 0.3) is 0 Å². The van der Waals surface area contributed by atoms with E-state index in [0.29, 0.717) is 17.0 Å². The molecule has 1 aliphatic rings. The zero-order chi connectivity index (χ0) is 23.9. The number of nitrogens with zero attached hydrogens (tertiary/aromatic N) is 5. The second-order valence-electron chi connectivity index (χ2n) is 8.43. The predicted molar refractivity (Wildman–Crippen MR) is 129 cm³/mol. The molecular formula is C26H29N5O3. The van der Waals surface area contributed by atoms with Crippen LogP contribution in [0.15, 0.2) is 54.6 Å². The summed E-state index contributed by atoms with van der Waals surface area (Å²) >= 11 is 0. The number of nitriles is 1. The van der Waals surface area contributed by atoms with Crippen molar-refractivity contribution >= 4 is 22.8 Å². The summed E-state index contributed by atoms with van der Waals surface area (Å²) in [6.45, 7) is 6.00. The van der Waals surface area contributed by atoms with Gasteiger partial charge in [-0.3, -0.25) is 9.69 Å². The number of rotatable bonds is 8. The second kappa shape index (κ2) is 11.1. The van der Waals surface area contributed by atoms with E-state index in [1.54, 1.807) is 6.92 Å². The van der Waals surface area contributed by atoms with Crippen molar-refractivity contribution in [1.29, 1.82) is 5.26 Å². The van der Waals surface area contributed by atoms with Crippen molar-refractivity contribution in [1.82, 2.24) is 14.9 Å². The van der Waals surface area contributed by atoms with Crippen molar-refractivity contribution in [2.45, 2.75) is 25.5 Å². The second-order valence-corrected chi connectivity index (χ2v) is 8.43. The number of para-hydroxylation sites is 2. The summed E-state index contributed by atoms with van der Waals surface area (Å²) in [6.07, 6.45) is -0.466. The Bertz CT molecular complexity index is 1160. The highest BCUT2D eigenvalue weighted by molar-refractivity contribution is 5.85. The third kappa shape index (κ3) is 5.50. The first-order valence-corrected chi connectivity index (χ1v) is 11.5. The van der Waals surface area contributed by atoms with Gasteiger partial charge in [-0.15, -0.1) is 0 Å². The minimum absolute atomic E-state index is 0.253. The molecule has 176 valence electrons. The molecule has 0 spiro atoms. The fraction of sp³-hybridized carbons (Fsp3) is 0.385. The van der Waals surface area contributed by atoms with Crippen LogP contribution >= 0.6 is 0 Å². The highest BCUT2D eigenvalue weighted by Gasteiger charge is 2.32. The Morgan fingerprint density at radius 3 is 2.32 bits per heavy atom. The standard InChI is InChI=1S/C26H29N5O3/c1-19(18-33-2)34-26(32)21(16-27)24-25(29-23-11-7-6-10-22(23)28-24)31-14-12-30(13-15-31)17-20-8-4-3-5-9-20/h3-11,19,21H,12-15,17-18H2,1-2H3/t19-,21+/m0/s1. The van der Waals surface area contributed by atoms with Gasteiger partial charge in [0.2, 0.25) is 0 Å². The molecule has 0 bridgehead atoms. The molecule has 34 heavy (non-hydrogen) atoms. The normalized spacial score (nSPS) is 16.1. The molecule has 1 aliphatic heterocycles. The van der Waals surface area contributed by atoms with Gasteiger partial charge in [-0.25, -0.2) is 9.97 Å². The molecule has 0 radical (unpaired) electrons. The van der Waals surface area contributed by atoms with Crippen LogP contribution in [-0.2, 0) is 20.8 Å². The fourth-order valence-corrected chi connectivity index (χ4v) is 4.15. The van der Waals surface area contributed by atoms with E-state index in [1.165, 1.54) is 12.7 Å². The summed E-state index contributed by atoms with van der Waals surface area (Å²) in [5.74, 6) is -1.24. The van der Waals surface area contributed by atoms with Crippen LogP contribution in [0.4, 0.5) is 5.82 Å². The summed E-state index contributed by atoms with van der Waals surface area (Å²) in [4.78, 5) is 26.9. The number of benzene rings is 2. The van der Waals surface area contributed by atoms with E-state index < -0.39 is 18.0 Å². The van der Waals surface area contributed by atoms with E-state index in [0.717, 1.165) is 38.2 Å². The lowest BCUT2D eigenvalue weighted by Crippen LogP contribution is -2.46. The summed E-state index contributed by atoms with van der Waals surface area (Å²) in [5, 5.41) is 9.92. The molecule has 0 aliphatic carbocycles. The molecule has 8 nitrogen and oxygen atoms in total. The average molecular weight is 460 g/mol. The zero-order valence-corrected chi connectivity index (χ0v) is 19.6. The quantitative estimate of drug-likeness (QED) is 0.475. The monoisotopic (exact) mass is 459 g/mol. The number of piperazine rings is 1. The van der Waals surface area contributed by atoms with Crippen LogP contribution in [0.2, 0.25) is 0 Å². The van der Waals surface area contributed by atoms with Crippen molar-refractivity contribution in [2.24, 2.45) is 0 Å². The molecule has 1 aromatic heterocycles. The largest absolute Gasteiger partial charge is 0.459 e. The van der Waals surface area contributed by atoms with E-state index in [9.17, 15) is 10.1 Å². The maximum atomic E-state index is 12.9. The Labute approximate surface area is 199 Å². The number of esters is 1. The molecular weight excluding hydrogens is 430 g/mol. The summed E-state index contributed by atoms with van der Waals surface area (Å²) in [5.41, 5.74) is 2.99. The SMILES string of the molecule is COC[C@H](C)OC(=O)[C@H](C#N)c1nc2ccccc2nc1N1CCN(Cc2ccccc2)CC1. The first-order valence-electron chi connectivity index (χ1n) is 11.5. The molecule has 3 aromatic rings. The van der Waals surface area contributed by atoms with Crippen molar-refractivity contribution in [2.75, 3.05) is 44.8 Å². The number of hydrogen-bond acceptors (Lipinski definition) is 8. The number of methoxy groups -OCH3 is 1. The summed E-state index contributed by atoms with van der Waals surface area (Å²) in [7, 11) is 1.54. The third-order valence-electron chi connectivity index (χ3n) is 5.86. The molecule has 0 saturated carbocycles. The Kier molecular flexibility index (Phi) is 7.68. The smallest absolute Gasteiger partial charge is 0.330 e. The molecule has 8 heteroatoms. The highest BCUT2D eigenvalue weighted by Crippen LogP contribution is 2.29. The van der Waals surface area contributed by atoms with Crippen LogP contribution in [0.3, 0.4) is 0 Å². The Morgan fingerprint density at radius 1 is 1.03 bits per heavy atom. The van der Waals surface area contributed by atoms with Gasteiger partial charge < -0.3 is 14.4 Å². The van der Waals surface area contributed by atoms with Crippen LogP contribution in [0.25, 0.3) is 11.0 Å². The van der Waals surface area contributed by atoms with Crippen molar-refractivity contribution < 1.29 is 14.3 Å². The lowest BCUT2D eigenvalue weighted by molar-refractivity contribution is -0.150. The molecule has 2 atom stereocenters. The van der Waals surface area contributed by atoms with E-state index in [1.807, 2.05) is 30.3 Å². The lowest BCUT2D eigenvalue weighted by Gasteiger charge is -2.36. The topological polar surface area (TPSA) is 91.6 Å². The molecule has 2 heterocycles. The first-order chi connectivity index (χ1) is 16.6. The van der Waals surface area contributed by atoms with Crippen LogP contribution in [0.1, 0.15) is 24.1 Å². The molecule has 4 rings (SSSR count). The van der Waals surface area contributed by atoms with E-state index in [4.69, 9.17) is 19.4 Å². The van der Waals surface area contributed by atoms with Gasteiger partial charge >= 0.3 is 5.97 Å². The van der Waals surface area contributed by atoms with Crippen LogP contribution in [0, 0.1) is 11.3 Å². The average Bonchev–Trinajstić information content (AvgIpc) is 2.85. The number of carbonyl (C=O) groups excluding carboxylic acids is 1. The van der Waals surface area contributed by atoms with Crippen LogP contribution in [0.5, 0.6) is 0 Å². The lowest BCUT2D eigenvalue weighted by atomic mass is 10.1. The van der Waals surface area contributed by atoms with Gasteiger partial charge in [0.1, 0.15) is 11.8 Å². The Balaban J connectivity index is 1.58. The fourth-order valence-electron chi connectivity index (χ4n) is 4.15. The van der Waals surface area contributed by atoms with E-state index >= 15 is 0 Å². The Hall–Kier alpha value is -3.54. The number of carbonyl (C=O) groups is 1. The van der Waals surface area contributed by atoms with Crippen molar-refractivity contribution in [3.05, 3.63) is 65.9 Å².